The van der Waals surface area contributed by atoms with Gasteiger partial charge in [-0.3, -0.25) is 15.0 Å². The Morgan fingerprint density at radius 1 is 1.00 bits per heavy atom. The van der Waals surface area contributed by atoms with Crippen molar-refractivity contribution in [2.24, 2.45) is 0 Å². The minimum Gasteiger partial charge on any atom is -0.267 e. The lowest BCUT2D eigenvalue weighted by Crippen LogP contribution is -2.56. The van der Waals surface area contributed by atoms with E-state index in [4.69, 9.17) is 0 Å². The summed E-state index contributed by atoms with van der Waals surface area (Å²) >= 11 is 3.37. The molecule has 0 heterocycles. The maximum absolute atomic E-state index is 13.0. The molecule has 1 N–H and O–H groups in total. The molecule has 0 aliphatic rings. The van der Waals surface area contributed by atoms with Gasteiger partial charge in [-0.05, 0) is 74.8 Å². The number of hydrogen-bond donors (Lipinski definition) is 1. The number of hydrogen-bond acceptors (Lipinski definition) is 2. The zero-order chi connectivity index (χ0) is 18.8. The first-order chi connectivity index (χ1) is 11.6. The number of halogens is 1. The van der Waals surface area contributed by atoms with Crippen LogP contribution in [-0.2, 0) is 0 Å². The second-order valence-corrected chi connectivity index (χ2v) is 7.96. The highest BCUT2D eigenvalue weighted by Crippen LogP contribution is 2.20. The number of rotatable bonds is 2. The van der Waals surface area contributed by atoms with Gasteiger partial charge in [0.25, 0.3) is 11.8 Å². The second-order valence-electron chi connectivity index (χ2n) is 7.11. The Bertz CT molecular complexity index is 789. The van der Waals surface area contributed by atoms with Gasteiger partial charge in [0.2, 0.25) is 0 Å². The molecule has 0 bridgehead atoms. The molecule has 0 radical (unpaired) electrons. The van der Waals surface area contributed by atoms with Crippen LogP contribution in [0.5, 0.6) is 0 Å². The van der Waals surface area contributed by atoms with E-state index in [-0.39, 0.29) is 11.8 Å². The van der Waals surface area contributed by atoms with E-state index in [1.165, 1.54) is 5.01 Å². The summed E-state index contributed by atoms with van der Waals surface area (Å²) in [6.07, 6.45) is 0. The molecule has 132 valence electrons. The molecule has 0 atom stereocenters. The maximum atomic E-state index is 13.0. The molecule has 0 spiro atoms. The van der Waals surface area contributed by atoms with Gasteiger partial charge in [0.1, 0.15) is 0 Å². The summed E-state index contributed by atoms with van der Waals surface area (Å²) in [5, 5.41) is 1.39. The largest absolute Gasteiger partial charge is 0.272 e. The number of benzene rings is 2. The number of hydrazine groups is 1. The maximum Gasteiger partial charge on any atom is 0.272 e. The van der Waals surface area contributed by atoms with Crippen molar-refractivity contribution in [2.75, 3.05) is 0 Å². The molecule has 0 saturated carbocycles. The highest BCUT2D eigenvalue weighted by atomic mass is 79.9. The Labute approximate surface area is 157 Å². The SMILES string of the molecule is Cc1cc(C)cc(C(=O)N(NC(=O)c2ccccc2Br)C(C)(C)C)c1. The third-order valence-corrected chi connectivity index (χ3v) is 4.37. The molecule has 0 aliphatic carbocycles. The number of carbonyl (C=O) groups is 2. The zero-order valence-electron chi connectivity index (χ0n) is 15.2. The van der Waals surface area contributed by atoms with Crippen LogP contribution < -0.4 is 5.43 Å². The molecule has 2 amide bonds. The summed E-state index contributed by atoms with van der Waals surface area (Å²) in [4.78, 5) is 25.7. The van der Waals surface area contributed by atoms with Gasteiger partial charge in [-0.15, -0.1) is 0 Å². The summed E-state index contributed by atoms with van der Waals surface area (Å²) < 4.78 is 0.681. The van der Waals surface area contributed by atoms with Crippen molar-refractivity contribution in [1.82, 2.24) is 10.4 Å². The third kappa shape index (κ3) is 4.69. The number of nitrogens with zero attached hydrogens (tertiary/aromatic N) is 1. The first kappa shape index (κ1) is 19.2. The Balaban J connectivity index is 2.35. The van der Waals surface area contributed by atoms with Crippen molar-refractivity contribution in [3.05, 3.63) is 69.2 Å². The molecule has 0 aliphatic heterocycles. The molecule has 2 aromatic carbocycles. The van der Waals surface area contributed by atoms with Crippen molar-refractivity contribution in [2.45, 2.75) is 40.2 Å². The van der Waals surface area contributed by atoms with Gasteiger partial charge in [0.05, 0.1) is 11.1 Å². The number of aryl methyl sites for hydroxylation is 2. The normalized spacial score (nSPS) is 11.1. The van der Waals surface area contributed by atoms with E-state index in [9.17, 15) is 9.59 Å². The Morgan fingerprint density at radius 2 is 1.56 bits per heavy atom. The smallest absolute Gasteiger partial charge is 0.267 e. The molecule has 0 saturated heterocycles. The molecule has 25 heavy (non-hydrogen) atoms. The Kier molecular flexibility index (Phi) is 5.68. The second kappa shape index (κ2) is 7.40. The first-order valence-electron chi connectivity index (χ1n) is 8.08. The van der Waals surface area contributed by atoms with Crippen LogP contribution in [0.25, 0.3) is 0 Å². The molecular weight excluding hydrogens is 380 g/mol. The zero-order valence-corrected chi connectivity index (χ0v) is 16.8. The quantitative estimate of drug-likeness (QED) is 0.742. The van der Waals surface area contributed by atoms with Crippen LogP contribution in [0.4, 0.5) is 0 Å². The van der Waals surface area contributed by atoms with Crippen LogP contribution in [0.15, 0.2) is 46.9 Å². The van der Waals surface area contributed by atoms with Gasteiger partial charge in [0.15, 0.2) is 0 Å². The standard InChI is InChI=1S/C20H23BrN2O2/c1-13-10-14(2)12-15(11-13)19(25)23(20(3,4)5)22-18(24)16-8-6-7-9-17(16)21/h6-12H,1-5H3,(H,22,24). The first-order valence-corrected chi connectivity index (χ1v) is 8.87. The third-order valence-electron chi connectivity index (χ3n) is 3.67. The fourth-order valence-electron chi connectivity index (χ4n) is 2.56. The summed E-state index contributed by atoms with van der Waals surface area (Å²) in [5.74, 6) is -0.570. The number of amides is 2. The van der Waals surface area contributed by atoms with Crippen molar-refractivity contribution in [3.8, 4) is 0 Å². The summed E-state index contributed by atoms with van der Waals surface area (Å²) in [7, 11) is 0. The molecule has 2 rings (SSSR count). The lowest BCUT2D eigenvalue weighted by molar-refractivity contribution is 0.0358. The van der Waals surface area contributed by atoms with Crippen molar-refractivity contribution < 1.29 is 9.59 Å². The predicted octanol–water partition coefficient (Wildman–Crippen LogP) is 4.65. The molecule has 0 fully saturated rings. The highest BCUT2D eigenvalue weighted by Gasteiger charge is 2.30. The van der Waals surface area contributed by atoms with E-state index in [0.29, 0.717) is 15.6 Å². The van der Waals surface area contributed by atoms with Gasteiger partial charge in [0, 0.05) is 10.0 Å². The average molecular weight is 403 g/mol. The fourth-order valence-corrected chi connectivity index (χ4v) is 3.02. The molecule has 0 aromatic heterocycles. The van der Waals surface area contributed by atoms with Crippen LogP contribution in [-0.4, -0.2) is 22.4 Å². The van der Waals surface area contributed by atoms with Crippen molar-refractivity contribution in [3.63, 3.8) is 0 Å². The lowest BCUT2D eigenvalue weighted by atomic mass is 10.0. The van der Waals surface area contributed by atoms with Crippen LogP contribution in [0.2, 0.25) is 0 Å². The van der Waals surface area contributed by atoms with E-state index in [2.05, 4.69) is 21.4 Å². The van der Waals surface area contributed by atoms with Gasteiger partial charge < -0.3 is 0 Å². The molecular formula is C20H23BrN2O2. The minimum atomic E-state index is -0.578. The molecule has 2 aromatic rings. The monoisotopic (exact) mass is 402 g/mol. The Hall–Kier alpha value is -2.14. The van der Waals surface area contributed by atoms with Crippen LogP contribution in [0.3, 0.4) is 0 Å². The van der Waals surface area contributed by atoms with Crippen molar-refractivity contribution in [1.29, 1.82) is 0 Å². The van der Waals surface area contributed by atoms with Crippen LogP contribution in [0, 0.1) is 13.8 Å². The number of carbonyl (C=O) groups excluding carboxylic acids is 2. The van der Waals surface area contributed by atoms with Crippen LogP contribution in [0.1, 0.15) is 52.6 Å². The summed E-state index contributed by atoms with van der Waals surface area (Å²) in [5.41, 5.74) is 5.24. The minimum absolute atomic E-state index is 0.236. The lowest BCUT2D eigenvalue weighted by Gasteiger charge is -2.35. The van der Waals surface area contributed by atoms with Gasteiger partial charge >= 0.3 is 0 Å². The number of nitrogens with one attached hydrogen (secondary N) is 1. The van der Waals surface area contributed by atoms with Gasteiger partial charge in [-0.25, -0.2) is 5.01 Å². The van der Waals surface area contributed by atoms with E-state index in [1.54, 1.807) is 18.2 Å². The van der Waals surface area contributed by atoms with E-state index in [0.717, 1.165) is 11.1 Å². The topological polar surface area (TPSA) is 49.4 Å². The van der Waals surface area contributed by atoms with Gasteiger partial charge in [-0.1, -0.05) is 29.3 Å². The van der Waals surface area contributed by atoms with Crippen molar-refractivity contribution >= 4 is 27.7 Å². The van der Waals surface area contributed by atoms with E-state index < -0.39 is 5.54 Å². The van der Waals surface area contributed by atoms with E-state index >= 15 is 0 Å². The average Bonchev–Trinajstić information content (AvgIpc) is 2.50. The predicted molar refractivity (Wildman–Crippen MR) is 103 cm³/mol. The van der Waals surface area contributed by atoms with Gasteiger partial charge in [-0.2, -0.15) is 0 Å². The summed E-state index contributed by atoms with van der Waals surface area (Å²) in [6.45, 7) is 9.55. The van der Waals surface area contributed by atoms with E-state index in [1.807, 2.05) is 58.9 Å². The molecule has 4 nitrogen and oxygen atoms in total. The highest BCUT2D eigenvalue weighted by molar-refractivity contribution is 9.10. The molecule has 5 heteroatoms. The van der Waals surface area contributed by atoms with Crippen LogP contribution >= 0.6 is 15.9 Å². The Morgan fingerprint density at radius 3 is 2.08 bits per heavy atom. The fraction of sp³-hybridized carbons (Fsp3) is 0.300. The molecule has 0 unspecified atom stereocenters. The summed E-state index contributed by atoms with van der Waals surface area (Å²) in [6, 6.07) is 12.8.